The van der Waals surface area contributed by atoms with Crippen LogP contribution in [0.4, 0.5) is 0 Å². The van der Waals surface area contributed by atoms with Crippen molar-refractivity contribution in [1.82, 2.24) is 9.80 Å². The number of carbonyl (C=O) groups excluding carboxylic acids is 2. The second kappa shape index (κ2) is 7.68. The zero-order chi connectivity index (χ0) is 17.9. The van der Waals surface area contributed by atoms with Gasteiger partial charge < -0.3 is 14.5 Å². The molecule has 1 aromatic rings. The lowest BCUT2D eigenvalue weighted by atomic mass is 10.0. The molecule has 0 aromatic heterocycles. The van der Waals surface area contributed by atoms with Gasteiger partial charge in [-0.3, -0.25) is 9.59 Å². The molecule has 1 aromatic carbocycles. The highest BCUT2D eigenvalue weighted by molar-refractivity contribution is 8.00. The molecule has 0 N–H and O–H groups in total. The third-order valence-electron chi connectivity index (χ3n) is 5.10. The molecule has 6 heteroatoms. The molecule has 136 valence electrons. The van der Waals surface area contributed by atoms with Gasteiger partial charge in [-0.25, -0.2) is 0 Å². The van der Waals surface area contributed by atoms with Gasteiger partial charge in [0.05, 0.1) is 12.0 Å². The van der Waals surface area contributed by atoms with Crippen LogP contribution in [0, 0.1) is 0 Å². The van der Waals surface area contributed by atoms with Crippen molar-refractivity contribution in [3.05, 3.63) is 29.8 Å². The number of hydrogen-bond acceptors (Lipinski definition) is 4. The summed E-state index contributed by atoms with van der Waals surface area (Å²) >= 11 is 1.87. The maximum absolute atomic E-state index is 13.1. The largest absolute Gasteiger partial charge is 0.497 e. The van der Waals surface area contributed by atoms with Gasteiger partial charge in [0.25, 0.3) is 5.91 Å². The van der Waals surface area contributed by atoms with E-state index in [1.165, 1.54) is 0 Å². The van der Waals surface area contributed by atoms with E-state index in [1.807, 2.05) is 46.7 Å². The van der Waals surface area contributed by atoms with Crippen LogP contribution >= 0.6 is 11.8 Å². The Balaban J connectivity index is 1.72. The van der Waals surface area contributed by atoms with Gasteiger partial charge in [-0.15, -0.1) is 11.8 Å². The van der Waals surface area contributed by atoms with Crippen LogP contribution in [0.15, 0.2) is 24.3 Å². The van der Waals surface area contributed by atoms with Crippen LogP contribution in [0.5, 0.6) is 5.75 Å². The summed E-state index contributed by atoms with van der Waals surface area (Å²) in [5, 5.41) is 0. The van der Waals surface area contributed by atoms with E-state index >= 15 is 0 Å². The molecule has 0 aliphatic carbocycles. The van der Waals surface area contributed by atoms with Crippen LogP contribution in [0.3, 0.4) is 0 Å². The van der Waals surface area contributed by atoms with Crippen molar-refractivity contribution in [1.29, 1.82) is 0 Å². The lowest BCUT2D eigenvalue weighted by molar-refractivity contribution is -0.132. The highest BCUT2D eigenvalue weighted by Gasteiger charge is 2.46. The highest BCUT2D eigenvalue weighted by atomic mass is 32.2. The molecule has 2 fully saturated rings. The molecule has 5 nitrogen and oxygen atoms in total. The van der Waals surface area contributed by atoms with Gasteiger partial charge in [0, 0.05) is 37.4 Å². The predicted octanol–water partition coefficient (Wildman–Crippen LogP) is 3.00. The number of hydrogen-bond donors (Lipinski definition) is 0. The smallest absolute Gasteiger partial charge is 0.255 e. The van der Waals surface area contributed by atoms with Crippen molar-refractivity contribution < 1.29 is 14.3 Å². The van der Waals surface area contributed by atoms with Gasteiger partial charge in [0.1, 0.15) is 5.75 Å². The second-order valence-corrected chi connectivity index (χ2v) is 8.07. The number of methoxy groups -OCH3 is 1. The molecule has 2 saturated heterocycles. The topological polar surface area (TPSA) is 49.9 Å². The molecule has 0 saturated carbocycles. The standard InChI is InChI=1S/C19H26N2O3S/c1-3-5-17(22)20-10-8-19(9-11-20)21(12-13-25-19)18(23)15-6-4-7-16(14-15)24-2/h4,6-7,14H,3,5,8-13H2,1-2H3. The number of carbonyl (C=O) groups is 2. The first-order chi connectivity index (χ1) is 12.1. The Labute approximate surface area is 153 Å². The summed E-state index contributed by atoms with van der Waals surface area (Å²) in [7, 11) is 1.61. The van der Waals surface area contributed by atoms with Gasteiger partial charge in [-0.1, -0.05) is 13.0 Å². The summed E-state index contributed by atoms with van der Waals surface area (Å²) in [5.41, 5.74) is 0.672. The molecule has 3 rings (SSSR count). The second-order valence-electron chi connectivity index (χ2n) is 6.61. The van der Waals surface area contributed by atoms with E-state index in [9.17, 15) is 9.59 Å². The highest BCUT2D eigenvalue weighted by Crippen LogP contribution is 2.44. The zero-order valence-electron chi connectivity index (χ0n) is 15.0. The average molecular weight is 362 g/mol. The van der Waals surface area contributed by atoms with Crippen molar-refractivity contribution in [2.24, 2.45) is 0 Å². The van der Waals surface area contributed by atoms with E-state index < -0.39 is 0 Å². The van der Waals surface area contributed by atoms with Crippen LogP contribution < -0.4 is 4.74 Å². The molecule has 0 radical (unpaired) electrons. The number of piperidine rings is 1. The van der Waals surface area contributed by atoms with E-state index in [4.69, 9.17) is 4.74 Å². The number of thioether (sulfide) groups is 1. The molecule has 1 spiro atoms. The molecule has 2 heterocycles. The molecule has 0 atom stereocenters. The molecule has 2 aliphatic heterocycles. The third-order valence-corrected chi connectivity index (χ3v) is 6.65. The van der Waals surface area contributed by atoms with Crippen molar-refractivity contribution in [3.63, 3.8) is 0 Å². The normalized spacial score (nSPS) is 19.3. The summed E-state index contributed by atoms with van der Waals surface area (Å²) in [4.78, 5) is 29.0. The maximum atomic E-state index is 13.1. The first-order valence-corrected chi connectivity index (χ1v) is 9.96. The third kappa shape index (κ3) is 3.64. The number of likely N-dealkylation sites (tertiary alicyclic amines) is 1. The Bertz CT molecular complexity index is 641. The molecule has 2 amide bonds. The van der Waals surface area contributed by atoms with Crippen molar-refractivity contribution >= 4 is 23.6 Å². The molecule has 25 heavy (non-hydrogen) atoms. The number of amides is 2. The number of benzene rings is 1. The predicted molar refractivity (Wildman–Crippen MR) is 99.9 cm³/mol. The van der Waals surface area contributed by atoms with E-state index in [0.717, 1.165) is 44.6 Å². The summed E-state index contributed by atoms with van der Waals surface area (Å²) in [6, 6.07) is 7.36. The minimum absolute atomic E-state index is 0.0669. The minimum atomic E-state index is -0.164. The zero-order valence-corrected chi connectivity index (χ0v) is 15.8. The van der Waals surface area contributed by atoms with E-state index in [2.05, 4.69) is 0 Å². The fraction of sp³-hybridized carbons (Fsp3) is 0.579. The van der Waals surface area contributed by atoms with Gasteiger partial charge in [0.15, 0.2) is 0 Å². The summed E-state index contributed by atoms with van der Waals surface area (Å²) in [6.07, 6.45) is 3.20. The van der Waals surface area contributed by atoms with Crippen molar-refractivity contribution in [3.8, 4) is 5.75 Å². The summed E-state index contributed by atoms with van der Waals surface area (Å²) in [6.45, 7) is 4.29. The van der Waals surface area contributed by atoms with Crippen molar-refractivity contribution in [2.45, 2.75) is 37.5 Å². The number of rotatable bonds is 4. The van der Waals surface area contributed by atoms with Crippen LogP contribution in [0.1, 0.15) is 43.0 Å². The van der Waals surface area contributed by atoms with E-state index in [0.29, 0.717) is 17.7 Å². The van der Waals surface area contributed by atoms with E-state index in [-0.39, 0.29) is 16.7 Å². The summed E-state index contributed by atoms with van der Waals surface area (Å²) < 4.78 is 5.25. The van der Waals surface area contributed by atoms with Crippen LogP contribution in [0.25, 0.3) is 0 Å². The SMILES string of the molecule is CCCC(=O)N1CCC2(CC1)SCCN2C(=O)c1cccc(OC)c1. The molecule has 0 unspecified atom stereocenters. The van der Waals surface area contributed by atoms with E-state index in [1.54, 1.807) is 13.2 Å². The lowest BCUT2D eigenvalue weighted by Crippen LogP contribution is -2.53. The fourth-order valence-electron chi connectivity index (χ4n) is 3.70. The van der Waals surface area contributed by atoms with Crippen LogP contribution in [0.2, 0.25) is 0 Å². The Morgan fingerprint density at radius 2 is 2.00 bits per heavy atom. The Kier molecular flexibility index (Phi) is 5.57. The summed E-state index contributed by atoms with van der Waals surface area (Å²) in [5.74, 6) is 1.97. The Morgan fingerprint density at radius 3 is 2.68 bits per heavy atom. The average Bonchev–Trinajstić information content (AvgIpc) is 3.05. The molecule has 0 bridgehead atoms. The quantitative estimate of drug-likeness (QED) is 0.826. The Hall–Kier alpha value is -1.69. The maximum Gasteiger partial charge on any atom is 0.255 e. The molecular weight excluding hydrogens is 336 g/mol. The molecular formula is C19H26N2O3S. The molecule has 2 aliphatic rings. The van der Waals surface area contributed by atoms with Crippen molar-refractivity contribution in [2.75, 3.05) is 32.5 Å². The Morgan fingerprint density at radius 1 is 1.24 bits per heavy atom. The van der Waals surface area contributed by atoms with Crippen LogP contribution in [-0.4, -0.2) is 59.0 Å². The monoisotopic (exact) mass is 362 g/mol. The lowest BCUT2D eigenvalue weighted by Gasteiger charge is -2.44. The minimum Gasteiger partial charge on any atom is -0.497 e. The first kappa shape index (κ1) is 18.1. The number of nitrogens with zero attached hydrogens (tertiary/aromatic N) is 2. The van der Waals surface area contributed by atoms with Gasteiger partial charge in [-0.2, -0.15) is 0 Å². The van der Waals surface area contributed by atoms with Crippen LogP contribution in [-0.2, 0) is 4.79 Å². The van der Waals surface area contributed by atoms with Gasteiger partial charge in [-0.05, 0) is 37.5 Å². The van der Waals surface area contributed by atoms with Gasteiger partial charge in [0.2, 0.25) is 5.91 Å². The van der Waals surface area contributed by atoms with Gasteiger partial charge >= 0.3 is 0 Å². The number of ether oxygens (including phenoxy) is 1. The fourth-order valence-corrected chi connectivity index (χ4v) is 5.15. The first-order valence-electron chi connectivity index (χ1n) is 8.97.